The molecule has 0 bridgehead atoms. The van der Waals surface area contributed by atoms with E-state index in [1.807, 2.05) is 0 Å². The summed E-state index contributed by atoms with van der Waals surface area (Å²) in [7, 11) is 0. The van der Waals surface area contributed by atoms with Gasteiger partial charge in [0.1, 0.15) is 0 Å². The number of nitrogens with zero attached hydrogens (tertiary/aromatic N) is 2. The molecule has 2 amide bonds. The number of piperazine rings is 1. The standard InChI is InChI=1S/C15H27N3O3/c1-2-7-17-8-10-18(11-9-17)14(21)16-12-15(13(19)20)5-3-4-6-15/h2-12H2,1H3,(H,16,21)(H,19,20). The number of hydrogen-bond donors (Lipinski definition) is 2. The van der Waals surface area contributed by atoms with Crippen LogP contribution in [0.15, 0.2) is 0 Å². The highest BCUT2D eigenvalue weighted by Crippen LogP contribution is 2.37. The molecule has 1 saturated heterocycles. The number of carboxylic acids is 1. The lowest BCUT2D eigenvalue weighted by atomic mass is 9.86. The average Bonchev–Trinajstić information content (AvgIpc) is 2.96. The van der Waals surface area contributed by atoms with Gasteiger partial charge in [-0.15, -0.1) is 0 Å². The smallest absolute Gasteiger partial charge is 0.317 e. The van der Waals surface area contributed by atoms with E-state index in [1.165, 1.54) is 0 Å². The number of amides is 2. The molecule has 1 aliphatic heterocycles. The second kappa shape index (κ2) is 7.11. The topological polar surface area (TPSA) is 72.9 Å². The van der Waals surface area contributed by atoms with E-state index in [2.05, 4.69) is 17.1 Å². The van der Waals surface area contributed by atoms with E-state index in [9.17, 15) is 14.7 Å². The lowest BCUT2D eigenvalue weighted by Gasteiger charge is -2.35. The Kier molecular flexibility index (Phi) is 5.45. The molecule has 2 N–H and O–H groups in total. The van der Waals surface area contributed by atoms with Crippen LogP contribution in [0, 0.1) is 5.41 Å². The second-order valence-corrected chi connectivity index (χ2v) is 6.28. The zero-order valence-electron chi connectivity index (χ0n) is 12.9. The largest absolute Gasteiger partial charge is 0.481 e. The molecule has 120 valence electrons. The van der Waals surface area contributed by atoms with Gasteiger partial charge in [0.25, 0.3) is 0 Å². The van der Waals surface area contributed by atoms with Crippen LogP contribution in [-0.2, 0) is 4.79 Å². The first-order valence-electron chi connectivity index (χ1n) is 8.06. The second-order valence-electron chi connectivity index (χ2n) is 6.28. The van der Waals surface area contributed by atoms with Crippen LogP contribution in [0.25, 0.3) is 0 Å². The molecule has 1 aliphatic carbocycles. The van der Waals surface area contributed by atoms with E-state index in [0.717, 1.165) is 52.0 Å². The average molecular weight is 297 g/mol. The fraction of sp³-hybridized carbons (Fsp3) is 0.867. The lowest BCUT2D eigenvalue weighted by molar-refractivity contribution is -0.148. The zero-order valence-corrected chi connectivity index (χ0v) is 12.9. The maximum atomic E-state index is 12.2. The first-order valence-corrected chi connectivity index (χ1v) is 8.06. The third-order valence-corrected chi connectivity index (χ3v) is 4.79. The number of carboxylic acid groups (broad SMARTS) is 1. The van der Waals surface area contributed by atoms with Crippen molar-refractivity contribution >= 4 is 12.0 Å². The molecule has 6 nitrogen and oxygen atoms in total. The summed E-state index contributed by atoms with van der Waals surface area (Å²) in [6.45, 7) is 6.77. The van der Waals surface area contributed by atoms with Gasteiger partial charge < -0.3 is 15.3 Å². The van der Waals surface area contributed by atoms with Gasteiger partial charge in [-0.1, -0.05) is 19.8 Å². The maximum Gasteiger partial charge on any atom is 0.317 e. The molecular weight excluding hydrogens is 270 g/mol. The van der Waals surface area contributed by atoms with E-state index in [0.29, 0.717) is 12.8 Å². The molecule has 1 heterocycles. The molecular formula is C15H27N3O3. The first kappa shape index (κ1) is 16.1. The van der Waals surface area contributed by atoms with Gasteiger partial charge in [0.2, 0.25) is 0 Å². The summed E-state index contributed by atoms with van der Waals surface area (Å²) in [6, 6.07) is -0.112. The normalized spacial score (nSPS) is 22.2. The van der Waals surface area contributed by atoms with Crippen LogP contribution >= 0.6 is 0 Å². The molecule has 2 rings (SSSR count). The van der Waals surface area contributed by atoms with Gasteiger partial charge in [-0.3, -0.25) is 9.69 Å². The number of rotatable bonds is 5. The number of urea groups is 1. The van der Waals surface area contributed by atoms with Crippen LogP contribution in [-0.4, -0.2) is 66.2 Å². The summed E-state index contributed by atoms with van der Waals surface area (Å²) in [5.41, 5.74) is -0.736. The minimum atomic E-state index is -0.770. The quantitative estimate of drug-likeness (QED) is 0.804. The van der Waals surface area contributed by atoms with Crippen molar-refractivity contribution in [3.63, 3.8) is 0 Å². The molecule has 2 fully saturated rings. The molecule has 0 spiro atoms. The fourth-order valence-corrected chi connectivity index (χ4v) is 3.37. The highest BCUT2D eigenvalue weighted by Gasteiger charge is 2.41. The fourth-order valence-electron chi connectivity index (χ4n) is 3.37. The molecule has 0 unspecified atom stereocenters. The zero-order chi connectivity index (χ0) is 15.3. The van der Waals surface area contributed by atoms with E-state index in [-0.39, 0.29) is 12.6 Å². The summed E-state index contributed by atoms with van der Waals surface area (Å²) < 4.78 is 0. The summed E-state index contributed by atoms with van der Waals surface area (Å²) in [6.07, 6.45) is 4.36. The van der Waals surface area contributed by atoms with Crippen LogP contribution in [0.2, 0.25) is 0 Å². The molecule has 21 heavy (non-hydrogen) atoms. The lowest BCUT2D eigenvalue weighted by Crippen LogP contribution is -2.53. The first-order chi connectivity index (χ1) is 10.1. The molecule has 6 heteroatoms. The highest BCUT2D eigenvalue weighted by atomic mass is 16.4. The van der Waals surface area contributed by atoms with Crippen LogP contribution in [0.1, 0.15) is 39.0 Å². The minimum Gasteiger partial charge on any atom is -0.481 e. The van der Waals surface area contributed by atoms with E-state index in [4.69, 9.17) is 0 Å². The van der Waals surface area contributed by atoms with E-state index < -0.39 is 11.4 Å². The van der Waals surface area contributed by atoms with Gasteiger partial charge in [0, 0.05) is 32.7 Å². The molecule has 0 aromatic carbocycles. The van der Waals surface area contributed by atoms with Gasteiger partial charge in [-0.2, -0.15) is 0 Å². The number of carbonyl (C=O) groups excluding carboxylic acids is 1. The third kappa shape index (κ3) is 3.87. The Bertz CT molecular complexity index is 372. The number of carbonyl (C=O) groups is 2. The number of nitrogens with one attached hydrogen (secondary N) is 1. The minimum absolute atomic E-state index is 0.112. The van der Waals surface area contributed by atoms with Crippen LogP contribution in [0.5, 0.6) is 0 Å². The molecule has 0 atom stereocenters. The van der Waals surface area contributed by atoms with Crippen molar-refractivity contribution < 1.29 is 14.7 Å². The SMILES string of the molecule is CCCN1CCN(C(=O)NCC2(C(=O)O)CCCC2)CC1. The van der Waals surface area contributed by atoms with Crippen LogP contribution < -0.4 is 5.32 Å². The van der Waals surface area contributed by atoms with Crippen molar-refractivity contribution in [3.05, 3.63) is 0 Å². The van der Waals surface area contributed by atoms with Crippen molar-refractivity contribution in [3.8, 4) is 0 Å². The predicted octanol–water partition coefficient (Wildman–Crippen LogP) is 1.37. The monoisotopic (exact) mass is 297 g/mol. The van der Waals surface area contributed by atoms with Gasteiger partial charge in [0.15, 0.2) is 0 Å². The summed E-state index contributed by atoms with van der Waals surface area (Å²) in [5, 5.41) is 12.3. The van der Waals surface area contributed by atoms with Crippen LogP contribution in [0.4, 0.5) is 4.79 Å². The van der Waals surface area contributed by atoms with Crippen molar-refractivity contribution in [2.75, 3.05) is 39.3 Å². The van der Waals surface area contributed by atoms with E-state index in [1.54, 1.807) is 4.90 Å². The summed E-state index contributed by atoms with van der Waals surface area (Å²) >= 11 is 0. The Balaban J connectivity index is 1.78. The van der Waals surface area contributed by atoms with Gasteiger partial charge in [-0.25, -0.2) is 4.79 Å². The molecule has 0 aromatic rings. The number of aliphatic carboxylic acids is 1. The van der Waals surface area contributed by atoms with Gasteiger partial charge >= 0.3 is 12.0 Å². The van der Waals surface area contributed by atoms with Crippen molar-refractivity contribution in [2.45, 2.75) is 39.0 Å². The third-order valence-electron chi connectivity index (χ3n) is 4.79. The molecule has 1 saturated carbocycles. The Morgan fingerprint density at radius 3 is 2.29 bits per heavy atom. The number of hydrogen-bond acceptors (Lipinski definition) is 3. The molecule has 0 aromatic heterocycles. The highest BCUT2D eigenvalue weighted by molar-refractivity contribution is 5.78. The summed E-state index contributed by atoms with van der Waals surface area (Å²) in [4.78, 5) is 27.8. The summed E-state index contributed by atoms with van der Waals surface area (Å²) in [5.74, 6) is -0.770. The van der Waals surface area contributed by atoms with E-state index >= 15 is 0 Å². The maximum absolute atomic E-state index is 12.2. The molecule has 0 radical (unpaired) electrons. The Morgan fingerprint density at radius 2 is 1.76 bits per heavy atom. The van der Waals surface area contributed by atoms with Crippen molar-refractivity contribution in [1.29, 1.82) is 0 Å². The Hall–Kier alpha value is -1.30. The van der Waals surface area contributed by atoms with Crippen molar-refractivity contribution in [1.82, 2.24) is 15.1 Å². The van der Waals surface area contributed by atoms with Crippen molar-refractivity contribution in [2.24, 2.45) is 5.41 Å². The van der Waals surface area contributed by atoms with Gasteiger partial charge in [0.05, 0.1) is 5.41 Å². The Morgan fingerprint density at radius 1 is 1.14 bits per heavy atom. The Labute approximate surface area is 126 Å². The predicted molar refractivity (Wildman–Crippen MR) is 80.2 cm³/mol. The molecule has 2 aliphatic rings. The van der Waals surface area contributed by atoms with Crippen LogP contribution in [0.3, 0.4) is 0 Å². The van der Waals surface area contributed by atoms with Gasteiger partial charge in [-0.05, 0) is 25.8 Å².